The third-order valence-electron chi connectivity index (χ3n) is 5.01. The first-order valence-electron chi connectivity index (χ1n) is 9.88. The molecule has 0 saturated heterocycles. The molecule has 0 aliphatic carbocycles. The van der Waals surface area contributed by atoms with Gasteiger partial charge in [0.1, 0.15) is 16.8 Å². The number of halogens is 5. The van der Waals surface area contributed by atoms with Crippen LogP contribution in [0, 0.1) is 18.3 Å². The number of carbonyl (C=O) groups excluding carboxylic acids is 1. The summed E-state index contributed by atoms with van der Waals surface area (Å²) in [4.78, 5) is 17.1. The standard InChI is InChI=1S/C24H15ClF3N5O.ClH/c1-14-19(22(25)33(32-14)17-6-2-5-16(12-17)24(26,27)28)11-15(13-29)23(34)31-21-9-3-8-20-18(21)7-4-10-30-20;/h2-12H,1H3,(H,31,34);1H. The summed E-state index contributed by atoms with van der Waals surface area (Å²) in [7, 11) is 0. The lowest BCUT2D eigenvalue weighted by molar-refractivity contribution is -0.137. The van der Waals surface area contributed by atoms with E-state index in [1.807, 2.05) is 6.07 Å². The number of carbonyl (C=O) groups is 1. The van der Waals surface area contributed by atoms with E-state index in [4.69, 9.17) is 11.6 Å². The molecule has 0 atom stereocenters. The smallest absolute Gasteiger partial charge is 0.321 e. The second-order valence-electron chi connectivity index (χ2n) is 7.25. The number of anilines is 1. The summed E-state index contributed by atoms with van der Waals surface area (Å²) < 4.78 is 40.4. The zero-order chi connectivity index (χ0) is 24.5. The number of hydrogen-bond acceptors (Lipinski definition) is 4. The van der Waals surface area contributed by atoms with Crippen molar-refractivity contribution in [3.8, 4) is 11.8 Å². The van der Waals surface area contributed by atoms with Gasteiger partial charge < -0.3 is 5.32 Å². The van der Waals surface area contributed by atoms with Crippen molar-refractivity contribution in [2.75, 3.05) is 5.32 Å². The van der Waals surface area contributed by atoms with Gasteiger partial charge in [-0.2, -0.15) is 23.5 Å². The molecule has 0 saturated carbocycles. The summed E-state index contributed by atoms with van der Waals surface area (Å²) in [6, 6.07) is 15.1. The predicted molar refractivity (Wildman–Crippen MR) is 130 cm³/mol. The molecule has 1 amide bonds. The van der Waals surface area contributed by atoms with Crippen LogP contribution in [0.15, 0.2) is 66.4 Å². The van der Waals surface area contributed by atoms with Crippen LogP contribution in [0.2, 0.25) is 5.15 Å². The highest BCUT2D eigenvalue weighted by molar-refractivity contribution is 6.31. The minimum Gasteiger partial charge on any atom is -0.321 e. The van der Waals surface area contributed by atoms with Crippen molar-refractivity contribution in [3.63, 3.8) is 0 Å². The molecule has 4 aromatic rings. The molecule has 6 nitrogen and oxygen atoms in total. The molecule has 0 bridgehead atoms. The van der Waals surface area contributed by atoms with Crippen molar-refractivity contribution in [2.45, 2.75) is 13.1 Å². The lowest BCUT2D eigenvalue weighted by atomic mass is 10.1. The molecule has 35 heavy (non-hydrogen) atoms. The van der Waals surface area contributed by atoms with Crippen molar-refractivity contribution in [2.24, 2.45) is 0 Å². The summed E-state index contributed by atoms with van der Waals surface area (Å²) >= 11 is 6.40. The van der Waals surface area contributed by atoms with Gasteiger partial charge in [-0.25, -0.2) is 4.68 Å². The number of benzene rings is 2. The first-order valence-corrected chi connectivity index (χ1v) is 10.3. The van der Waals surface area contributed by atoms with Gasteiger partial charge in [0.25, 0.3) is 5.91 Å². The van der Waals surface area contributed by atoms with Crippen LogP contribution < -0.4 is 5.32 Å². The Bertz CT molecular complexity index is 1480. The number of nitrogens with one attached hydrogen (secondary N) is 1. The van der Waals surface area contributed by atoms with Gasteiger partial charge in [0.05, 0.1) is 28.1 Å². The number of pyridine rings is 1. The van der Waals surface area contributed by atoms with E-state index in [0.717, 1.165) is 16.8 Å². The molecule has 1 N–H and O–H groups in total. The third-order valence-corrected chi connectivity index (χ3v) is 5.38. The highest BCUT2D eigenvalue weighted by atomic mass is 35.5. The number of aryl methyl sites for hydroxylation is 1. The maximum Gasteiger partial charge on any atom is 0.416 e. The Kier molecular flexibility index (Phi) is 7.48. The van der Waals surface area contributed by atoms with Crippen molar-refractivity contribution >= 4 is 52.6 Å². The van der Waals surface area contributed by atoms with E-state index in [2.05, 4.69) is 15.4 Å². The monoisotopic (exact) mass is 517 g/mol. The molecule has 0 radical (unpaired) electrons. The van der Waals surface area contributed by atoms with Gasteiger partial charge in [-0.3, -0.25) is 9.78 Å². The van der Waals surface area contributed by atoms with Gasteiger partial charge in [-0.1, -0.05) is 23.7 Å². The average molecular weight is 518 g/mol. The Morgan fingerprint density at radius 1 is 1.17 bits per heavy atom. The summed E-state index contributed by atoms with van der Waals surface area (Å²) in [5.41, 5.74) is 0.696. The average Bonchev–Trinajstić information content (AvgIpc) is 3.10. The lowest BCUT2D eigenvalue weighted by Gasteiger charge is -2.09. The third kappa shape index (κ3) is 5.29. The van der Waals surface area contributed by atoms with E-state index < -0.39 is 17.6 Å². The number of rotatable bonds is 4. The zero-order valence-corrected chi connectivity index (χ0v) is 19.5. The van der Waals surface area contributed by atoms with Gasteiger partial charge in [-0.15, -0.1) is 12.4 Å². The molecular formula is C24H16Cl2F3N5O. The van der Waals surface area contributed by atoms with Gasteiger partial charge in [-0.05, 0) is 55.5 Å². The quantitative estimate of drug-likeness (QED) is 0.252. The highest BCUT2D eigenvalue weighted by Crippen LogP contribution is 2.32. The summed E-state index contributed by atoms with van der Waals surface area (Å²) in [6.07, 6.45) is -1.65. The van der Waals surface area contributed by atoms with Crippen molar-refractivity contribution in [1.29, 1.82) is 5.26 Å². The molecule has 0 aliphatic heterocycles. The topological polar surface area (TPSA) is 83.6 Å². The van der Waals surface area contributed by atoms with Crippen LogP contribution in [0.3, 0.4) is 0 Å². The molecule has 178 valence electrons. The fourth-order valence-electron chi connectivity index (χ4n) is 3.36. The van der Waals surface area contributed by atoms with Crippen LogP contribution >= 0.6 is 24.0 Å². The van der Waals surface area contributed by atoms with Gasteiger partial charge in [0, 0.05) is 17.1 Å². The maximum atomic E-state index is 13.1. The molecular weight excluding hydrogens is 502 g/mol. The fraction of sp³-hybridized carbons (Fsp3) is 0.0833. The Morgan fingerprint density at radius 3 is 2.63 bits per heavy atom. The molecule has 2 aromatic carbocycles. The van der Waals surface area contributed by atoms with Crippen LogP contribution in [0.25, 0.3) is 22.7 Å². The fourth-order valence-corrected chi connectivity index (χ4v) is 3.68. The summed E-state index contributed by atoms with van der Waals surface area (Å²) in [6.45, 7) is 1.57. The zero-order valence-electron chi connectivity index (χ0n) is 18.0. The highest BCUT2D eigenvalue weighted by Gasteiger charge is 2.31. The maximum absolute atomic E-state index is 13.1. The van der Waals surface area contributed by atoms with Gasteiger partial charge >= 0.3 is 6.18 Å². The van der Waals surface area contributed by atoms with Crippen molar-refractivity contribution in [3.05, 3.63) is 88.3 Å². The predicted octanol–water partition coefficient (Wildman–Crippen LogP) is 6.37. The Morgan fingerprint density at radius 2 is 1.91 bits per heavy atom. The molecule has 11 heteroatoms. The number of amides is 1. The van der Waals surface area contributed by atoms with Crippen LogP contribution in [-0.2, 0) is 11.0 Å². The largest absolute Gasteiger partial charge is 0.416 e. The van der Waals surface area contributed by atoms with E-state index in [0.29, 0.717) is 22.3 Å². The minimum atomic E-state index is -4.53. The van der Waals surface area contributed by atoms with Gasteiger partial charge in [0.2, 0.25) is 0 Å². The minimum absolute atomic E-state index is 0. The molecule has 4 rings (SSSR count). The number of alkyl halides is 3. The van der Waals surface area contributed by atoms with E-state index in [9.17, 15) is 23.2 Å². The number of aromatic nitrogens is 3. The number of nitrogens with zero attached hydrogens (tertiary/aromatic N) is 4. The normalized spacial score (nSPS) is 11.6. The van der Waals surface area contributed by atoms with Crippen LogP contribution in [0.1, 0.15) is 16.8 Å². The van der Waals surface area contributed by atoms with Crippen molar-refractivity contribution < 1.29 is 18.0 Å². The number of fused-ring (bicyclic) bond motifs is 1. The molecule has 0 spiro atoms. The molecule has 0 aliphatic rings. The van der Waals surface area contributed by atoms with Crippen LogP contribution in [0.4, 0.5) is 18.9 Å². The summed E-state index contributed by atoms with van der Waals surface area (Å²) in [5.74, 6) is -0.680. The Balaban J connectivity index is 0.00000342. The van der Waals surface area contributed by atoms with Crippen molar-refractivity contribution in [1.82, 2.24) is 14.8 Å². The van der Waals surface area contributed by atoms with E-state index in [1.165, 1.54) is 18.2 Å². The Hall–Kier alpha value is -3.87. The number of nitriles is 1. The van der Waals surface area contributed by atoms with Crippen LogP contribution in [0.5, 0.6) is 0 Å². The Labute approximate surface area is 209 Å². The van der Waals surface area contributed by atoms with E-state index >= 15 is 0 Å². The van der Waals surface area contributed by atoms with Gasteiger partial charge in [0.15, 0.2) is 0 Å². The molecule has 0 unspecified atom stereocenters. The second-order valence-corrected chi connectivity index (χ2v) is 7.61. The molecule has 2 aromatic heterocycles. The van der Waals surface area contributed by atoms with E-state index in [-0.39, 0.29) is 34.4 Å². The number of hydrogen-bond donors (Lipinski definition) is 1. The first-order chi connectivity index (χ1) is 16.2. The SMILES string of the molecule is Cc1nn(-c2cccc(C(F)(F)F)c2)c(Cl)c1C=C(C#N)C(=O)Nc1cccc2ncccc12.Cl. The second kappa shape index (κ2) is 10.2. The lowest BCUT2D eigenvalue weighted by Crippen LogP contribution is -2.13. The molecule has 2 heterocycles. The molecule has 0 fully saturated rings. The van der Waals surface area contributed by atoms with E-state index in [1.54, 1.807) is 43.5 Å². The first kappa shape index (κ1) is 25.7. The summed E-state index contributed by atoms with van der Waals surface area (Å²) in [5, 5.41) is 17.1. The van der Waals surface area contributed by atoms with Crippen LogP contribution in [-0.4, -0.2) is 20.7 Å².